The number of ether oxygens (including phenoxy) is 1. The van der Waals surface area contributed by atoms with E-state index in [1.165, 1.54) is 38.0 Å². The van der Waals surface area contributed by atoms with Crippen LogP contribution in [-0.4, -0.2) is 66.5 Å². The van der Waals surface area contributed by atoms with Crippen LogP contribution in [0.4, 0.5) is 0 Å². The molecule has 1 aliphatic heterocycles. The lowest BCUT2D eigenvalue weighted by atomic mass is 9.97. The first-order chi connectivity index (χ1) is 13.2. The Morgan fingerprint density at radius 2 is 2.07 bits per heavy atom. The van der Waals surface area contributed by atoms with Gasteiger partial charge >= 0.3 is 0 Å². The predicted octanol–water partition coefficient (Wildman–Crippen LogP) is 3.17. The van der Waals surface area contributed by atoms with E-state index >= 15 is 0 Å². The third-order valence-electron chi connectivity index (χ3n) is 5.53. The molecule has 0 N–H and O–H groups in total. The molecular weight excluding hydrogens is 336 g/mol. The van der Waals surface area contributed by atoms with Crippen LogP contribution in [0.25, 0.3) is 0 Å². The number of benzene rings is 1. The molecule has 1 atom stereocenters. The third-order valence-corrected chi connectivity index (χ3v) is 5.53. The fourth-order valence-electron chi connectivity index (χ4n) is 4.05. The fraction of sp³-hybridized carbons (Fsp3) is 0.591. The van der Waals surface area contributed by atoms with E-state index in [2.05, 4.69) is 46.2 Å². The lowest BCUT2D eigenvalue weighted by Gasteiger charge is -2.34. The molecule has 1 aliphatic rings. The molecule has 1 aromatic carbocycles. The van der Waals surface area contributed by atoms with Crippen molar-refractivity contribution in [1.82, 2.24) is 19.6 Å². The highest BCUT2D eigenvalue weighted by molar-refractivity contribution is 5.27. The maximum absolute atomic E-state index is 5.24. The van der Waals surface area contributed by atoms with Gasteiger partial charge in [0.05, 0.1) is 7.11 Å². The van der Waals surface area contributed by atoms with E-state index in [-0.39, 0.29) is 0 Å². The first-order valence-electron chi connectivity index (χ1n) is 10.2. The minimum absolute atomic E-state index is 0.796. The average Bonchev–Trinajstić information content (AvgIpc) is 3.20. The van der Waals surface area contributed by atoms with Crippen molar-refractivity contribution in [1.29, 1.82) is 0 Å². The van der Waals surface area contributed by atoms with Gasteiger partial charge in [0.25, 0.3) is 0 Å². The maximum atomic E-state index is 5.24. The van der Waals surface area contributed by atoms with Gasteiger partial charge < -0.3 is 14.5 Å². The molecule has 3 rings (SSSR count). The normalized spacial score (nSPS) is 18.1. The Labute approximate surface area is 163 Å². The first kappa shape index (κ1) is 19.9. The van der Waals surface area contributed by atoms with Gasteiger partial charge in [-0.15, -0.1) is 0 Å². The number of nitrogens with zero attached hydrogens (tertiary/aromatic N) is 4. The highest BCUT2D eigenvalue weighted by Gasteiger charge is 2.20. The van der Waals surface area contributed by atoms with Crippen molar-refractivity contribution in [3.05, 3.63) is 48.3 Å². The lowest BCUT2D eigenvalue weighted by Crippen LogP contribution is -2.41. The number of aromatic nitrogens is 2. The zero-order valence-electron chi connectivity index (χ0n) is 16.9. The van der Waals surface area contributed by atoms with Crippen LogP contribution in [0.2, 0.25) is 0 Å². The summed E-state index contributed by atoms with van der Waals surface area (Å²) in [5, 5.41) is 4.28. The molecule has 1 aromatic heterocycles. The predicted molar refractivity (Wildman–Crippen MR) is 110 cm³/mol. The number of likely N-dealkylation sites (tertiary alicyclic amines) is 1. The molecule has 1 fully saturated rings. The van der Waals surface area contributed by atoms with Crippen LogP contribution in [-0.2, 0) is 13.0 Å². The Morgan fingerprint density at radius 3 is 2.81 bits per heavy atom. The average molecular weight is 371 g/mol. The second-order valence-electron chi connectivity index (χ2n) is 7.79. The molecule has 0 saturated carbocycles. The zero-order valence-corrected chi connectivity index (χ0v) is 16.9. The van der Waals surface area contributed by atoms with Crippen molar-refractivity contribution in [2.24, 2.45) is 5.92 Å². The molecule has 2 heterocycles. The van der Waals surface area contributed by atoms with Crippen molar-refractivity contribution in [2.75, 3.05) is 46.9 Å². The number of hydrogen-bond acceptors (Lipinski definition) is 4. The molecule has 5 nitrogen and oxygen atoms in total. The minimum atomic E-state index is 0.796. The van der Waals surface area contributed by atoms with Crippen LogP contribution in [0.15, 0.2) is 42.7 Å². The highest BCUT2D eigenvalue weighted by atomic mass is 16.5. The molecule has 27 heavy (non-hydrogen) atoms. The zero-order chi connectivity index (χ0) is 18.9. The van der Waals surface area contributed by atoms with E-state index < -0.39 is 0 Å². The molecule has 0 radical (unpaired) electrons. The van der Waals surface area contributed by atoms with E-state index in [0.29, 0.717) is 0 Å². The third kappa shape index (κ3) is 6.67. The van der Waals surface area contributed by atoms with Gasteiger partial charge in [-0.05, 0) is 75.5 Å². The van der Waals surface area contributed by atoms with Crippen molar-refractivity contribution in [3.63, 3.8) is 0 Å². The molecule has 0 spiro atoms. The smallest absolute Gasteiger partial charge is 0.118 e. The van der Waals surface area contributed by atoms with Crippen LogP contribution in [0, 0.1) is 5.92 Å². The van der Waals surface area contributed by atoms with E-state index in [1.807, 2.05) is 23.1 Å². The topological polar surface area (TPSA) is 33.5 Å². The minimum Gasteiger partial charge on any atom is -0.497 e. The van der Waals surface area contributed by atoms with Crippen molar-refractivity contribution in [3.8, 4) is 5.75 Å². The maximum Gasteiger partial charge on any atom is 0.118 e. The van der Waals surface area contributed by atoms with Crippen LogP contribution in [0.3, 0.4) is 0 Å². The number of piperidine rings is 1. The second kappa shape index (κ2) is 10.5. The van der Waals surface area contributed by atoms with Gasteiger partial charge in [-0.2, -0.15) is 5.10 Å². The van der Waals surface area contributed by atoms with Crippen LogP contribution in [0.5, 0.6) is 5.75 Å². The molecule has 0 bridgehead atoms. The van der Waals surface area contributed by atoms with E-state index in [1.54, 1.807) is 7.11 Å². The summed E-state index contributed by atoms with van der Waals surface area (Å²) >= 11 is 0. The Morgan fingerprint density at radius 1 is 1.22 bits per heavy atom. The molecule has 5 heteroatoms. The highest BCUT2D eigenvalue weighted by Crippen LogP contribution is 2.18. The Hall–Kier alpha value is -1.85. The summed E-state index contributed by atoms with van der Waals surface area (Å²) in [5.41, 5.74) is 1.40. The molecule has 0 aliphatic carbocycles. The molecule has 1 unspecified atom stereocenters. The first-order valence-corrected chi connectivity index (χ1v) is 10.2. The van der Waals surface area contributed by atoms with Gasteiger partial charge in [-0.25, -0.2) is 0 Å². The summed E-state index contributed by atoms with van der Waals surface area (Å²) in [6, 6.07) is 10.5. The van der Waals surface area contributed by atoms with Crippen LogP contribution in [0.1, 0.15) is 24.8 Å². The van der Waals surface area contributed by atoms with Gasteiger partial charge in [0.15, 0.2) is 0 Å². The number of rotatable bonds is 10. The Balaban J connectivity index is 1.35. The Bertz CT molecular complexity index is 641. The van der Waals surface area contributed by atoms with Crippen LogP contribution < -0.4 is 4.74 Å². The van der Waals surface area contributed by atoms with Gasteiger partial charge in [0, 0.05) is 38.6 Å². The Kier molecular flexibility index (Phi) is 7.72. The standard InChI is InChI=1S/C22H34N4O/c1-24(13-5-16-26-15-4-12-23-26)18-21-6-3-14-25(19-21)17-11-20-7-9-22(27-2)10-8-20/h4,7-10,12,15,21H,3,5-6,11,13-14,16-19H2,1-2H3. The van der Waals surface area contributed by atoms with Crippen molar-refractivity contribution < 1.29 is 4.74 Å². The van der Waals surface area contributed by atoms with Gasteiger partial charge in [0.2, 0.25) is 0 Å². The summed E-state index contributed by atoms with van der Waals surface area (Å²) in [5.74, 6) is 1.73. The summed E-state index contributed by atoms with van der Waals surface area (Å²) in [4.78, 5) is 5.15. The summed E-state index contributed by atoms with van der Waals surface area (Å²) < 4.78 is 7.27. The second-order valence-corrected chi connectivity index (χ2v) is 7.79. The monoisotopic (exact) mass is 370 g/mol. The summed E-state index contributed by atoms with van der Waals surface area (Å²) in [6.07, 6.45) is 8.87. The number of methoxy groups -OCH3 is 1. The van der Waals surface area contributed by atoms with E-state index in [9.17, 15) is 0 Å². The summed E-state index contributed by atoms with van der Waals surface area (Å²) in [6.45, 7) is 7.00. The van der Waals surface area contributed by atoms with Gasteiger partial charge in [-0.3, -0.25) is 4.68 Å². The molecule has 1 saturated heterocycles. The van der Waals surface area contributed by atoms with E-state index in [4.69, 9.17) is 4.74 Å². The van der Waals surface area contributed by atoms with E-state index in [0.717, 1.165) is 44.1 Å². The fourth-order valence-corrected chi connectivity index (χ4v) is 4.05. The lowest BCUT2D eigenvalue weighted by molar-refractivity contribution is 0.143. The largest absolute Gasteiger partial charge is 0.497 e. The van der Waals surface area contributed by atoms with Crippen molar-refractivity contribution >= 4 is 0 Å². The molecule has 2 aromatic rings. The summed E-state index contributed by atoms with van der Waals surface area (Å²) in [7, 11) is 3.98. The van der Waals surface area contributed by atoms with Gasteiger partial charge in [0.1, 0.15) is 5.75 Å². The van der Waals surface area contributed by atoms with Crippen molar-refractivity contribution in [2.45, 2.75) is 32.2 Å². The molecule has 0 amide bonds. The molecule has 148 valence electrons. The van der Waals surface area contributed by atoms with Crippen LogP contribution >= 0.6 is 0 Å². The number of hydrogen-bond donors (Lipinski definition) is 0. The quantitative estimate of drug-likeness (QED) is 0.643. The van der Waals surface area contributed by atoms with Gasteiger partial charge in [-0.1, -0.05) is 12.1 Å². The number of aryl methyl sites for hydroxylation is 1. The molecular formula is C22H34N4O. The SMILES string of the molecule is COc1ccc(CCN2CCCC(CN(C)CCCn3cccn3)C2)cc1.